The number of ether oxygens (including phenoxy) is 1. The average Bonchev–Trinajstić information content (AvgIpc) is 2.80. The van der Waals surface area contributed by atoms with Crippen molar-refractivity contribution in [2.75, 3.05) is 22.9 Å². The second kappa shape index (κ2) is 5.58. The van der Waals surface area contributed by atoms with E-state index in [0.717, 1.165) is 12.7 Å². The molecule has 1 aliphatic rings. The maximum absolute atomic E-state index is 11.8. The van der Waals surface area contributed by atoms with Gasteiger partial charge in [0.15, 0.2) is 0 Å². The molecular formula is C12H16N2O4S. The van der Waals surface area contributed by atoms with E-state index in [1.165, 1.54) is 0 Å². The predicted molar refractivity (Wildman–Crippen MR) is 72.5 cm³/mol. The fraction of sp³-hybridized carbons (Fsp3) is 0.417. The van der Waals surface area contributed by atoms with Crippen molar-refractivity contribution in [1.82, 2.24) is 0 Å². The summed E-state index contributed by atoms with van der Waals surface area (Å²) < 4.78 is 29.9. The lowest BCUT2D eigenvalue weighted by Crippen LogP contribution is -2.26. The number of anilines is 2. The summed E-state index contributed by atoms with van der Waals surface area (Å²) in [6.45, 7) is 0.605. The summed E-state index contributed by atoms with van der Waals surface area (Å²) in [7, 11) is -3.33. The van der Waals surface area contributed by atoms with Crippen LogP contribution < -0.4 is 10.0 Å². The monoisotopic (exact) mass is 284 g/mol. The van der Waals surface area contributed by atoms with Crippen molar-refractivity contribution in [1.29, 1.82) is 0 Å². The third kappa shape index (κ3) is 4.22. The van der Waals surface area contributed by atoms with Gasteiger partial charge in [-0.15, -0.1) is 0 Å². The molecule has 0 saturated carbocycles. The molecule has 2 rings (SSSR count). The van der Waals surface area contributed by atoms with Crippen molar-refractivity contribution in [3.05, 3.63) is 24.3 Å². The largest absolute Gasteiger partial charge is 0.368 e. The summed E-state index contributed by atoms with van der Waals surface area (Å²) in [5.74, 6) is -0.200. The van der Waals surface area contributed by atoms with Gasteiger partial charge in [-0.3, -0.25) is 9.52 Å². The van der Waals surface area contributed by atoms with Crippen molar-refractivity contribution < 1.29 is 17.9 Å². The molecule has 1 atom stereocenters. The fourth-order valence-electron chi connectivity index (χ4n) is 1.88. The summed E-state index contributed by atoms with van der Waals surface area (Å²) in [6, 6.07) is 6.54. The number of rotatable bonds is 4. The minimum Gasteiger partial charge on any atom is -0.368 e. The molecule has 6 nitrogen and oxygen atoms in total. The second-order valence-electron chi connectivity index (χ2n) is 4.45. The molecule has 1 aromatic carbocycles. The first-order chi connectivity index (χ1) is 8.94. The Morgan fingerprint density at radius 3 is 2.74 bits per heavy atom. The molecule has 1 heterocycles. The Kier molecular flexibility index (Phi) is 4.06. The molecule has 1 amide bonds. The minimum atomic E-state index is -3.33. The summed E-state index contributed by atoms with van der Waals surface area (Å²) in [6.07, 6.45) is 2.26. The quantitative estimate of drug-likeness (QED) is 0.869. The van der Waals surface area contributed by atoms with E-state index in [0.29, 0.717) is 24.4 Å². The van der Waals surface area contributed by atoms with Crippen molar-refractivity contribution in [2.24, 2.45) is 0 Å². The summed E-state index contributed by atoms with van der Waals surface area (Å²) in [4.78, 5) is 11.8. The van der Waals surface area contributed by atoms with Gasteiger partial charge >= 0.3 is 0 Å². The van der Waals surface area contributed by atoms with Crippen LogP contribution in [0.5, 0.6) is 0 Å². The maximum Gasteiger partial charge on any atom is 0.253 e. The van der Waals surface area contributed by atoms with Crippen LogP contribution in [0.25, 0.3) is 0 Å². The Labute approximate surface area is 112 Å². The number of carbonyl (C=O) groups excluding carboxylic acids is 1. The van der Waals surface area contributed by atoms with E-state index in [1.807, 2.05) is 0 Å². The van der Waals surface area contributed by atoms with Gasteiger partial charge in [0, 0.05) is 12.3 Å². The summed E-state index contributed by atoms with van der Waals surface area (Å²) >= 11 is 0. The second-order valence-corrected chi connectivity index (χ2v) is 6.19. The van der Waals surface area contributed by atoms with E-state index < -0.39 is 16.1 Å². The van der Waals surface area contributed by atoms with Crippen LogP contribution in [0.15, 0.2) is 24.3 Å². The van der Waals surface area contributed by atoms with Gasteiger partial charge < -0.3 is 10.1 Å². The predicted octanol–water partition coefficient (Wildman–Crippen LogP) is 1.18. The molecule has 19 heavy (non-hydrogen) atoms. The lowest BCUT2D eigenvalue weighted by Gasteiger charge is -2.11. The van der Waals surface area contributed by atoms with Gasteiger partial charge in [-0.25, -0.2) is 8.42 Å². The number of sulfonamides is 1. The Balaban J connectivity index is 2.04. The molecule has 1 fully saturated rings. The standard InChI is InChI=1S/C12H16N2O4S/c1-19(16,17)14-10-5-2-4-9(8-10)13-12(15)11-6-3-7-18-11/h2,4-5,8,11,14H,3,6-7H2,1H3,(H,13,15)/t11-/m1/s1. The zero-order valence-corrected chi connectivity index (χ0v) is 11.4. The van der Waals surface area contributed by atoms with Gasteiger partial charge in [-0.05, 0) is 31.0 Å². The minimum absolute atomic E-state index is 0.200. The number of hydrogen-bond acceptors (Lipinski definition) is 4. The Hall–Kier alpha value is -1.60. The maximum atomic E-state index is 11.8. The number of nitrogens with one attached hydrogen (secondary N) is 2. The van der Waals surface area contributed by atoms with Crippen LogP contribution in [0.2, 0.25) is 0 Å². The van der Waals surface area contributed by atoms with Gasteiger partial charge in [0.05, 0.1) is 11.9 Å². The van der Waals surface area contributed by atoms with Crippen molar-refractivity contribution in [2.45, 2.75) is 18.9 Å². The molecule has 0 spiro atoms. The molecular weight excluding hydrogens is 268 g/mol. The molecule has 0 aliphatic carbocycles. The van der Waals surface area contributed by atoms with E-state index in [9.17, 15) is 13.2 Å². The molecule has 7 heteroatoms. The number of carbonyl (C=O) groups is 1. The zero-order valence-electron chi connectivity index (χ0n) is 10.5. The number of hydrogen-bond donors (Lipinski definition) is 2. The van der Waals surface area contributed by atoms with Crippen LogP contribution in [0.1, 0.15) is 12.8 Å². The smallest absolute Gasteiger partial charge is 0.253 e. The highest BCUT2D eigenvalue weighted by Crippen LogP contribution is 2.18. The molecule has 1 aliphatic heterocycles. The fourth-order valence-corrected chi connectivity index (χ4v) is 2.44. The van der Waals surface area contributed by atoms with E-state index in [1.54, 1.807) is 24.3 Å². The third-order valence-corrected chi connectivity index (χ3v) is 3.26. The van der Waals surface area contributed by atoms with Crippen molar-refractivity contribution in [3.63, 3.8) is 0 Å². The number of amides is 1. The Morgan fingerprint density at radius 1 is 1.37 bits per heavy atom. The first-order valence-corrected chi connectivity index (χ1v) is 7.83. The average molecular weight is 284 g/mol. The van der Waals surface area contributed by atoms with Crippen molar-refractivity contribution in [3.8, 4) is 0 Å². The highest BCUT2D eigenvalue weighted by molar-refractivity contribution is 7.92. The number of benzene rings is 1. The van der Waals surface area contributed by atoms with Crippen LogP contribution in [-0.4, -0.2) is 33.3 Å². The topological polar surface area (TPSA) is 84.5 Å². The van der Waals surface area contributed by atoms with Crippen LogP contribution in [-0.2, 0) is 19.6 Å². The van der Waals surface area contributed by atoms with E-state index in [-0.39, 0.29) is 5.91 Å². The van der Waals surface area contributed by atoms with Gasteiger partial charge in [0.25, 0.3) is 5.91 Å². The van der Waals surface area contributed by atoms with E-state index in [4.69, 9.17) is 4.74 Å². The van der Waals surface area contributed by atoms with Crippen molar-refractivity contribution >= 4 is 27.3 Å². The van der Waals surface area contributed by atoms with Crippen LogP contribution in [0, 0.1) is 0 Å². The first-order valence-electron chi connectivity index (χ1n) is 5.94. The summed E-state index contributed by atoms with van der Waals surface area (Å²) in [5.41, 5.74) is 0.946. The lowest BCUT2D eigenvalue weighted by atomic mass is 10.2. The van der Waals surface area contributed by atoms with Gasteiger partial charge in [-0.1, -0.05) is 6.07 Å². The van der Waals surface area contributed by atoms with Gasteiger partial charge in [-0.2, -0.15) is 0 Å². The van der Waals surface area contributed by atoms with E-state index >= 15 is 0 Å². The highest BCUT2D eigenvalue weighted by atomic mass is 32.2. The van der Waals surface area contributed by atoms with E-state index in [2.05, 4.69) is 10.0 Å². The molecule has 0 radical (unpaired) electrons. The lowest BCUT2D eigenvalue weighted by molar-refractivity contribution is -0.124. The van der Waals surface area contributed by atoms with Crippen LogP contribution in [0.3, 0.4) is 0 Å². The third-order valence-electron chi connectivity index (χ3n) is 2.66. The molecule has 104 valence electrons. The van der Waals surface area contributed by atoms with Gasteiger partial charge in [0.2, 0.25) is 10.0 Å². The molecule has 2 N–H and O–H groups in total. The normalized spacial score (nSPS) is 19.1. The highest BCUT2D eigenvalue weighted by Gasteiger charge is 2.23. The van der Waals surface area contributed by atoms with Crippen LogP contribution >= 0.6 is 0 Å². The molecule has 1 saturated heterocycles. The first kappa shape index (κ1) is 13.8. The molecule has 0 unspecified atom stereocenters. The molecule has 0 aromatic heterocycles. The zero-order chi connectivity index (χ0) is 13.9. The summed E-state index contributed by atoms with van der Waals surface area (Å²) in [5, 5.41) is 2.71. The van der Waals surface area contributed by atoms with Crippen LogP contribution in [0.4, 0.5) is 11.4 Å². The SMILES string of the molecule is CS(=O)(=O)Nc1cccc(NC(=O)[C@H]2CCCO2)c1. The molecule has 1 aromatic rings. The Bertz CT molecular complexity index is 565. The van der Waals surface area contributed by atoms with Gasteiger partial charge in [0.1, 0.15) is 6.10 Å². The molecule has 0 bridgehead atoms. The Morgan fingerprint density at radius 2 is 2.11 bits per heavy atom.